The van der Waals surface area contributed by atoms with Gasteiger partial charge in [0, 0.05) is 17.1 Å². The highest BCUT2D eigenvalue weighted by Crippen LogP contribution is 2.34. The summed E-state index contributed by atoms with van der Waals surface area (Å²) >= 11 is 12.0. The van der Waals surface area contributed by atoms with E-state index < -0.39 is 11.7 Å². The summed E-state index contributed by atoms with van der Waals surface area (Å²) in [6, 6.07) is 3.20. The Hall–Kier alpha value is -1.52. The van der Waals surface area contributed by atoms with Crippen molar-refractivity contribution in [2.45, 2.75) is 26.4 Å². The van der Waals surface area contributed by atoms with Gasteiger partial charge in [0.2, 0.25) is 0 Å². The van der Waals surface area contributed by atoms with Crippen LogP contribution in [0.1, 0.15) is 31.1 Å². The molecule has 6 heteroatoms. The van der Waals surface area contributed by atoms with Gasteiger partial charge in [-0.2, -0.15) is 0 Å². The number of ether oxygens (including phenoxy) is 1. The van der Waals surface area contributed by atoms with Crippen LogP contribution in [0.3, 0.4) is 0 Å². The Labute approximate surface area is 126 Å². The first-order valence-electron chi connectivity index (χ1n) is 5.92. The topological polar surface area (TPSA) is 48.3 Å². The fraction of sp³-hybridized carbons (Fsp3) is 0.286. The Balaban J connectivity index is 2.64. The Morgan fingerprint density at radius 1 is 1.30 bits per heavy atom. The maximum Gasteiger partial charge on any atom is 0.419 e. The zero-order valence-electron chi connectivity index (χ0n) is 11.2. The molecule has 0 amide bonds. The first-order chi connectivity index (χ1) is 9.24. The number of fused-ring (bicyclic) bond motifs is 1. The zero-order chi connectivity index (χ0) is 15.1. The van der Waals surface area contributed by atoms with Gasteiger partial charge in [-0.05, 0) is 32.9 Å². The highest BCUT2D eigenvalue weighted by molar-refractivity contribution is 6.45. The molecule has 0 fully saturated rings. The molecule has 0 aliphatic carbocycles. The third-order valence-corrected chi connectivity index (χ3v) is 3.41. The van der Waals surface area contributed by atoms with Crippen LogP contribution in [0, 0.1) is 0 Å². The molecule has 1 heterocycles. The number of hydrogen-bond donors (Lipinski definition) is 0. The molecular formula is C14H13Cl2NO3. The number of halogens is 2. The smallest absolute Gasteiger partial charge is 0.419 e. The van der Waals surface area contributed by atoms with Gasteiger partial charge in [0.1, 0.15) is 5.60 Å². The molecule has 0 radical (unpaired) electrons. The molecule has 106 valence electrons. The van der Waals surface area contributed by atoms with Crippen molar-refractivity contribution in [3.8, 4) is 0 Å². The summed E-state index contributed by atoms with van der Waals surface area (Å²) in [6.07, 6.45) is 1.45. The fourth-order valence-corrected chi connectivity index (χ4v) is 2.27. The average molecular weight is 314 g/mol. The number of nitrogens with zero attached hydrogens (tertiary/aromatic N) is 1. The van der Waals surface area contributed by atoms with Gasteiger partial charge in [0.05, 0.1) is 15.6 Å². The van der Waals surface area contributed by atoms with Crippen molar-refractivity contribution >= 4 is 46.5 Å². The summed E-state index contributed by atoms with van der Waals surface area (Å²) in [5, 5.41) is 1.01. The average Bonchev–Trinajstić information content (AvgIpc) is 2.71. The molecule has 1 aromatic carbocycles. The lowest BCUT2D eigenvalue weighted by molar-refractivity contribution is 0.0544. The molecule has 2 rings (SSSR count). The van der Waals surface area contributed by atoms with Gasteiger partial charge in [-0.1, -0.05) is 23.2 Å². The second-order valence-electron chi connectivity index (χ2n) is 5.31. The van der Waals surface area contributed by atoms with E-state index in [4.69, 9.17) is 27.9 Å². The van der Waals surface area contributed by atoms with Crippen LogP contribution in [0.5, 0.6) is 0 Å². The van der Waals surface area contributed by atoms with Crippen LogP contribution in [-0.2, 0) is 4.74 Å². The van der Waals surface area contributed by atoms with Crippen LogP contribution in [0.2, 0.25) is 10.0 Å². The Kier molecular flexibility index (Phi) is 3.80. The van der Waals surface area contributed by atoms with E-state index in [1.165, 1.54) is 10.8 Å². The Morgan fingerprint density at radius 3 is 2.50 bits per heavy atom. The molecule has 0 unspecified atom stereocenters. The summed E-state index contributed by atoms with van der Waals surface area (Å²) in [5.41, 5.74) is 0.139. The summed E-state index contributed by atoms with van der Waals surface area (Å²) in [6.45, 7) is 5.29. The van der Waals surface area contributed by atoms with Crippen LogP contribution in [-0.4, -0.2) is 22.5 Å². The predicted octanol–water partition coefficient (Wildman–Crippen LogP) is 4.54. The second-order valence-corrected chi connectivity index (χ2v) is 6.09. The number of benzene rings is 1. The first-order valence-corrected chi connectivity index (χ1v) is 6.68. The lowest BCUT2D eigenvalue weighted by atomic mass is 10.2. The molecule has 20 heavy (non-hydrogen) atoms. The number of carbonyl (C=O) groups is 2. The van der Waals surface area contributed by atoms with E-state index in [1.54, 1.807) is 32.9 Å². The molecule has 2 aromatic rings. The van der Waals surface area contributed by atoms with Crippen molar-refractivity contribution in [2.24, 2.45) is 0 Å². The number of carbonyl (C=O) groups excluding carboxylic acids is 2. The molecule has 0 aliphatic rings. The van der Waals surface area contributed by atoms with Gasteiger partial charge < -0.3 is 4.74 Å². The fourth-order valence-electron chi connectivity index (χ4n) is 1.84. The van der Waals surface area contributed by atoms with Crippen molar-refractivity contribution in [1.82, 2.24) is 4.57 Å². The van der Waals surface area contributed by atoms with E-state index in [9.17, 15) is 9.59 Å². The Bertz CT molecular complexity index is 698. The number of aldehydes is 1. The van der Waals surface area contributed by atoms with Crippen LogP contribution in [0.4, 0.5) is 4.79 Å². The van der Waals surface area contributed by atoms with E-state index in [-0.39, 0.29) is 5.02 Å². The van der Waals surface area contributed by atoms with Crippen molar-refractivity contribution in [3.05, 3.63) is 33.9 Å². The molecule has 0 saturated carbocycles. The van der Waals surface area contributed by atoms with Crippen LogP contribution in [0.25, 0.3) is 10.9 Å². The molecule has 0 spiro atoms. The highest BCUT2D eigenvalue weighted by Gasteiger charge is 2.22. The largest absolute Gasteiger partial charge is 0.443 e. The van der Waals surface area contributed by atoms with Gasteiger partial charge in [-0.3, -0.25) is 9.36 Å². The quantitative estimate of drug-likeness (QED) is 0.726. The highest BCUT2D eigenvalue weighted by atomic mass is 35.5. The van der Waals surface area contributed by atoms with E-state index in [2.05, 4.69) is 0 Å². The van der Waals surface area contributed by atoms with Crippen molar-refractivity contribution in [2.75, 3.05) is 0 Å². The third-order valence-electron chi connectivity index (χ3n) is 2.61. The lowest BCUT2D eigenvalue weighted by Crippen LogP contribution is -2.26. The normalized spacial score (nSPS) is 11.7. The van der Waals surface area contributed by atoms with Crippen LogP contribution in [0.15, 0.2) is 18.3 Å². The zero-order valence-corrected chi connectivity index (χ0v) is 12.7. The molecule has 0 aliphatic heterocycles. The van der Waals surface area contributed by atoms with E-state index in [1.807, 2.05) is 0 Å². The van der Waals surface area contributed by atoms with Crippen LogP contribution < -0.4 is 0 Å². The molecule has 4 nitrogen and oxygen atoms in total. The first kappa shape index (κ1) is 14.9. The molecule has 0 N–H and O–H groups in total. The molecular weight excluding hydrogens is 301 g/mol. The van der Waals surface area contributed by atoms with Gasteiger partial charge in [0.25, 0.3) is 0 Å². The minimum Gasteiger partial charge on any atom is -0.443 e. The van der Waals surface area contributed by atoms with Gasteiger partial charge in [0.15, 0.2) is 6.29 Å². The number of aromatic nitrogens is 1. The summed E-state index contributed by atoms with van der Waals surface area (Å²) < 4.78 is 6.55. The predicted molar refractivity (Wildman–Crippen MR) is 79.0 cm³/mol. The lowest BCUT2D eigenvalue weighted by Gasteiger charge is -2.19. The summed E-state index contributed by atoms with van der Waals surface area (Å²) in [7, 11) is 0. The maximum absolute atomic E-state index is 12.1. The van der Waals surface area contributed by atoms with Crippen molar-refractivity contribution in [1.29, 1.82) is 0 Å². The van der Waals surface area contributed by atoms with Gasteiger partial charge in [-0.15, -0.1) is 0 Å². The molecule has 0 atom stereocenters. The SMILES string of the molecule is CC(C)(C)OC(=O)n1cc(C=O)c2c(Cl)c(Cl)ccc21. The molecule has 0 bridgehead atoms. The third kappa shape index (κ3) is 2.67. The summed E-state index contributed by atoms with van der Waals surface area (Å²) in [4.78, 5) is 23.3. The molecule has 1 aromatic heterocycles. The minimum atomic E-state index is -0.634. The van der Waals surface area contributed by atoms with Crippen LogP contribution >= 0.6 is 23.2 Å². The van der Waals surface area contributed by atoms with Crippen molar-refractivity contribution < 1.29 is 14.3 Å². The van der Waals surface area contributed by atoms with E-state index in [0.717, 1.165) is 0 Å². The number of rotatable bonds is 1. The maximum atomic E-state index is 12.1. The number of hydrogen-bond acceptors (Lipinski definition) is 3. The van der Waals surface area contributed by atoms with Crippen molar-refractivity contribution in [3.63, 3.8) is 0 Å². The van der Waals surface area contributed by atoms with Gasteiger partial charge in [-0.25, -0.2) is 4.79 Å². The summed E-state index contributed by atoms with van der Waals surface area (Å²) in [5.74, 6) is 0. The minimum absolute atomic E-state index is 0.244. The second kappa shape index (κ2) is 5.11. The van der Waals surface area contributed by atoms with Gasteiger partial charge >= 0.3 is 6.09 Å². The standard InChI is InChI=1S/C14H13Cl2NO3/c1-14(2,3)20-13(19)17-6-8(7-18)11-10(17)5-4-9(15)12(11)16/h4-7H,1-3H3. The monoisotopic (exact) mass is 313 g/mol. The van der Waals surface area contributed by atoms with E-state index in [0.29, 0.717) is 27.8 Å². The molecule has 0 saturated heterocycles. The van der Waals surface area contributed by atoms with E-state index >= 15 is 0 Å². The Morgan fingerprint density at radius 2 is 1.95 bits per heavy atom.